The van der Waals surface area contributed by atoms with Crippen LogP contribution in [0.15, 0.2) is 18.2 Å². The number of hydrogen-bond donors (Lipinski definition) is 1. The highest BCUT2D eigenvalue weighted by Crippen LogP contribution is 2.16. The van der Waals surface area contributed by atoms with Crippen LogP contribution in [0.2, 0.25) is 0 Å². The molecule has 76 valence electrons. The molecule has 0 heterocycles. The van der Waals surface area contributed by atoms with Gasteiger partial charge in [-0.2, -0.15) is 0 Å². The summed E-state index contributed by atoms with van der Waals surface area (Å²) in [5.41, 5.74) is 0.199. The molecule has 0 aliphatic carbocycles. The summed E-state index contributed by atoms with van der Waals surface area (Å²) in [4.78, 5) is 11.6. The number of rotatable bonds is 3. The van der Waals surface area contributed by atoms with Gasteiger partial charge in [0.2, 0.25) is 0 Å². The summed E-state index contributed by atoms with van der Waals surface area (Å²) in [6.07, 6.45) is 0. The molecule has 1 aromatic carbocycles. The summed E-state index contributed by atoms with van der Waals surface area (Å²) in [5.74, 6) is -2.51. The number of hydrogen-bond acceptors (Lipinski definition) is 2. The molecule has 0 amide bonds. The van der Waals surface area contributed by atoms with E-state index in [4.69, 9.17) is 5.11 Å². The van der Waals surface area contributed by atoms with E-state index in [0.717, 1.165) is 18.2 Å². The number of anilines is 1. The molecular weight excluding hydrogens is 192 g/mol. The first-order chi connectivity index (χ1) is 6.49. The number of carboxylic acids is 1. The maximum absolute atomic E-state index is 12.7. The lowest BCUT2D eigenvalue weighted by molar-refractivity contribution is -0.135. The molecule has 0 atom stereocenters. The molecule has 14 heavy (non-hydrogen) atoms. The molecular formula is C9H9F2NO2. The molecule has 1 N–H and O–H groups in total. The summed E-state index contributed by atoms with van der Waals surface area (Å²) < 4.78 is 25.4. The summed E-state index contributed by atoms with van der Waals surface area (Å²) >= 11 is 0. The van der Waals surface area contributed by atoms with E-state index in [-0.39, 0.29) is 12.2 Å². The SMILES string of the molecule is CN(CC(=O)O)c1cc(F)cc(F)c1. The topological polar surface area (TPSA) is 40.5 Å². The minimum absolute atomic E-state index is 0.199. The van der Waals surface area contributed by atoms with Crippen molar-refractivity contribution in [1.82, 2.24) is 0 Å². The van der Waals surface area contributed by atoms with Gasteiger partial charge in [0.1, 0.15) is 18.2 Å². The van der Waals surface area contributed by atoms with Crippen molar-refractivity contribution >= 4 is 11.7 Å². The molecule has 0 saturated heterocycles. The lowest BCUT2D eigenvalue weighted by Crippen LogP contribution is -2.25. The van der Waals surface area contributed by atoms with E-state index in [1.165, 1.54) is 11.9 Å². The van der Waals surface area contributed by atoms with Crippen LogP contribution in [-0.2, 0) is 4.79 Å². The number of nitrogens with zero attached hydrogens (tertiary/aromatic N) is 1. The third-order valence-corrected chi connectivity index (χ3v) is 1.66. The van der Waals surface area contributed by atoms with Crippen LogP contribution < -0.4 is 4.90 Å². The molecule has 3 nitrogen and oxygen atoms in total. The van der Waals surface area contributed by atoms with Crippen LogP contribution in [0.25, 0.3) is 0 Å². The molecule has 0 unspecified atom stereocenters. The van der Waals surface area contributed by atoms with E-state index >= 15 is 0 Å². The zero-order chi connectivity index (χ0) is 10.7. The van der Waals surface area contributed by atoms with Crippen molar-refractivity contribution in [2.75, 3.05) is 18.5 Å². The number of benzene rings is 1. The largest absolute Gasteiger partial charge is 0.480 e. The molecule has 0 aromatic heterocycles. The molecule has 5 heteroatoms. The summed E-state index contributed by atoms with van der Waals surface area (Å²) in [7, 11) is 1.45. The molecule has 0 aliphatic rings. The van der Waals surface area contributed by atoms with E-state index < -0.39 is 17.6 Å². The smallest absolute Gasteiger partial charge is 0.323 e. The van der Waals surface area contributed by atoms with Gasteiger partial charge in [0.05, 0.1) is 0 Å². The van der Waals surface area contributed by atoms with Crippen LogP contribution in [0.1, 0.15) is 0 Å². The van der Waals surface area contributed by atoms with E-state index in [9.17, 15) is 13.6 Å². The molecule has 0 aliphatic heterocycles. The first-order valence-electron chi connectivity index (χ1n) is 3.88. The lowest BCUT2D eigenvalue weighted by Gasteiger charge is -2.16. The van der Waals surface area contributed by atoms with Crippen molar-refractivity contribution in [3.8, 4) is 0 Å². The van der Waals surface area contributed by atoms with Gasteiger partial charge in [0.15, 0.2) is 0 Å². The van der Waals surface area contributed by atoms with Gasteiger partial charge in [-0.05, 0) is 12.1 Å². The number of aliphatic carboxylic acids is 1. The Balaban J connectivity index is 2.89. The Labute approximate surface area is 79.6 Å². The van der Waals surface area contributed by atoms with Crippen LogP contribution in [0.3, 0.4) is 0 Å². The van der Waals surface area contributed by atoms with Crippen molar-refractivity contribution < 1.29 is 18.7 Å². The number of likely N-dealkylation sites (N-methyl/N-ethyl adjacent to an activating group) is 1. The molecule has 0 bridgehead atoms. The highest BCUT2D eigenvalue weighted by Gasteiger charge is 2.08. The van der Waals surface area contributed by atoms with Crippen LogP contribution in [0.5, 0.6) is 0 Å². The first-order valence-corrected chi connectivity index (χ1v) is 3.88. The van der Waals surface area contributed by atoms with Gasteiger partial charge in [-0.25, -0.2) is 8.78 Å². The Morgan fingerprint density at radius 1 is 1.36 bits per heavy atom. The van der Waals surface area contributed by atoms with Crippen LogP contribution in [0, 0.1) is 11.6 Å². The zero-order valence-corrected chi connectivity index (χ0v) is 7.50. The van der Waals surface area contributed by atoms with Crippen molar-refractivity contribution in [3.63, 3.8) is 0 Å². The predicted octanol–water partition coefficient (Wildman–Crippen LogP) is 1.49. The Bertz CT molecular complexity index is 334. The second-order valence-corrected chi connectivity index (χ2v) is 2.88. The Morgan fingerprint density at radius 2 is 1.86 bits per heavy atom. The summed E-state index contributed by atoms with van der Waals surface area (Å²) in [5, 5.41) is 8.45. The number of carbonyl (C=O) groups is 1. The average molecular weight is 201 g/mol. The van der Waals surface area contributed by atoms with Crippen molar-refractivity contribution in [3.05, 3.63) is 29.8 Å². The molecule has 0 fully saturated rings. The monoisotopic (exact) mass is 201 g/mol. The zero-order valence-electron chi connectivity index (χ0n) is 7.50. The second kappa shape index (κ2) is 4.04. The van der Waals surface area contributed by atoms with E-state index in [1.807, 2.05) is 0 Å². The standard InChI is InChI=1S/C9H9F2NO2/c1-12(5-9(13)14)8-3-6(10)2-7(11)4-8/h2-4H,5H2,1H3,(H,13,14). The van der Waals surface area contributed by atoms with Crippen molar-refractivity contribution in [2.24, 2.45) is 0 Å². The van der Waals surface area contributed by atoms with Gasteiger partial charge >= 0.3 is 5.97 Å². The Morgan fingerprint density at radius 3 is 2.29 bits per heavy atom. The molecule has 0 radical (unpaired) electrons. The maximum Gasteiger partial charge on any atom is 0.323 e. The van der Waals surface area contributed by atoms with Crippen LogP contribution >= 0.6 is 0 Å². The number of halogens is 2. The van der Waals surface area contributed by atoms with Crippen molar-refractivity contribution in [1.29, 1.82) is 0 Å². The fraction of sp³-hybridized carbons (Fsp3) is 0.222. The van der Waals surface area contributed by atoms with Crippen molar-refractivity contribution in [2.45, 2.75) is 0 Å². The summed E-state index contributed by atoms with van der Waals surface area (Å²) in [6.45, 7) is -0.303. The highest BCUT2D eigenvalue weighted by atomic mass is 19.1. The van der Waals surface area contributed by atoms with Gasteiger partial charge in [-0.3, -0.25) is 4.79 Å². The Kier molecular flexibility index (Phi) is 3.01. The van der Waals surface area contributed by atoms with Gasteiger partial charge < -0.3 is 10.0 Å². The molecule has 1 aromatic rings. The highest BCUT2D eigenvalue weighted by molar-refractivity contribution is 5.73. The predicted molar refractivity (Wildman–Crippen MR) is 47.3 cm³/mol. The maximum atomic E-state index is 12.7. The second-order valence-electron chi connectivity index (χ2n) is 2.88. The van der Waals surface area contributed by atoms with Crippen LogP contribution in [-0.4, -0.2) is 24.7 Å². The molecule has 0 saturated carbocycles. The van der Waals surface area contributed by atoms with E-state index in [2.05, 4.69) is 0 Å². The third-order valence-electron chi connectivity index (χ3n) is 1.66. The Hall–Kier alpha value is -1.65. The lowest BCUT2D eigenvalue weighted by atomic mass is 10.3. The van der Waals surface area contributed by atoms with Gasteiger partial charge in [0, 0.05) is 18.8 Å². The van der Waals surface area contributed by atoms with Crippen LogP contribution in [0.4, 0.5) is 14.5 Å². The van der Waals surface area contributed by atoms with Gasteiger partial charge in [-0.1, -0.05) is 0 Å². The normalized spacial score (nSPS) is 9.93. The molecule has 1 rings (SSSR count). The number of carboxylic acid groups (broad SMARTS) is 1. The minimum atomic E-state index is -1.06. The quantitative estimate of drug-likeness (QED) is 0.805. The molecule has 0 spiro atoms. The van der Waals surface area contributed by atoms with Gasteiger partial charge in [-0.15, -0.1) is 0 Å². The van der Waals surface area contributed by atoms with Gasteiger partial charge in [0.25, 0.3) is 0 Å². The van der Waals surface area contributed by atoms with E-state index in [1.54, 1.807) is 0 Å². The summed E-state index contributed by atoms with van der Waals surface area (Å²) in [6, 6.07) is 2.89. The minimum Gasteiger partial charge on any atom is -0.480 e. The average Bonchev–Trinajstić information content (AvgIpc) is 2.00. The third kappa shape index (κ3) is 2.69. The fourth-order valence-corrected chi connectivity index (χ4v) is 1.05. The van der Waals surface area contributed by atoms with E-state index in [0.29, 0.717) is 0 Å². The fourth-order valence-electron chi connectivity index (χ4n) is 1.05. The first kappa shape index (κ1) is 10.4.